The lowest BCUT2D eigenvalue weighted by Gasteiger charge is -2.41. The molecule has 1 fully saturated rings. The minimum absolute atomic E-state index is 0.219. The summed E-state index contributed by atoms with van der Waals surface area (Å²) in [6.07, 6.45) is -4.94. The Morgan fingerprint density at radius 1 is 1.17 bits per heavy atom. The summed E-state index contributed by atoms with van der Waals surface area (Å²) in [7, 11) is 0. The Hall–Kier alpha value is -2.71. The predicted molar refractivity (Wildman–Crippen MR) is 107 cm³/mol. The van der Waals surface area contributed by atoms with Crippen LogP contribution in [0.4, 0.5) is 23.8 Å². The molecule has 164 valence electrons. The Bertz CT molecular complexity index is 875. The predicted octanol–water partition coefficient (Wildman–Crippen LogP) is 4.40. The number of anilines is 1. The largest absolute Gasteiger partial charge is 0.444 e. The van der Waals surface area contributed by atoms with Gasteiger partial charge in [0.2, 0.25) is 0 Å². The Morgan fingerprint density at radius 2 is 1.83 bits per heavy atom. The number of alkyl halides is 3. The summed E-state index contributed by atoms with van der Waals surface area (Å²) in [5.74, 6) is 0.391. The number of hydrogen-bond donors (Lipinski definition) is 0. The maximum atomic E-state index is 13.3. The number of halogens is 3. The van der Waals surface area contributed by atoms with Crippen molar-refractivity contribution in [3.63, 3.8) is 0 Å². The Labute approximate surface area is 174 Å². The molecule has 0 radical (unpaired) electrons. The quantitative estimate of drug-likeness (QED) is 0.733. The molecule has 1 aromatic heterocycles. The van der Waals surface area contributed by atoms with E-state index in [1.54, 1.807) is 25.7 Å². The highest BCUT2D eigenvalue weighted by Crippen LogP contribution is 2.32. The van der Waals surface area contributed by atoms with Gasteiger partial charge in [-0.3, -0.25) is 0 Å². The van der Waals surface area contributed by atoms with Crippen LogP contribution in [-0.4, -0.2) is 52.1 Å². The molecule has 1 amide bonds. The molecule has 3 rings (SSSR count). The number of aromatic nitrogens is 2. The van der Waals surface area contributed by atoms with Crippen molar-refractivity contribution in [3.8, 4) is 0 Å². The molecule has 6 nitrogen and oxygen atoms in total. The second-order valence-electron chi connectivity index (χ2n) is 8.50. The van der Waals surface area contributed by atoms with Gasteiger partial charge in [0.25, 0.3) is 0 Å². The monoisotopic (exact) mass is 424 g/mol. The lowest BCUT2D eigenvalue weighted by molar-refractivity contribution is -0.141. The first-order chi connectivity index (χ1) is 13.9. The summed E-state index contributed by atoms with van der Waals surface area (Å²) in [5.41, 5.74) is -0.671. The van der Waals surface area contributed by atoms with Gasteiger partial charge in [0.1, 0.15) is 11.4 Å². The molecule has 1 unspecified atom stereocenters. The fourth-order valence-electron chi connectivity index (χ4n) is 3.43. The third-order valence-electron chi connectivity index (χ3n) is 4.80. The highest BCUT2D eigenvalue weighted by molar-refractivity contribution is 5.69. The average Bonchev–Trinajstić information content (AvgIpc) is 3.05. The summed E-state index contributed by atoms with van der Waals surface area (Å²) in [6, 6.07) is 10.1. The fourth-order valence-corrected chi connectivity index (χ4v) is 3.43. The van der Waals surface area contributed by atoms with Crippen LogP contribution < -0.4 is 4.90 Å². The third kappa shape index (κ3) is 5.25. The van der Waals surface area contributed by atoms with Crippen molar-refractivity contribution in [2.45, 2.75) is 52.1 Å². The van der Waals surface area contributed by atoms with Gasteiger partial charge in [0.05, 0.1) is 6.54 Å². The van der Waals surface area contributed by atoms with Gasteiger partial charge in [-0.05, 0) is 33.3 Å². The van der Waals surface area contributed by atoms with Gasteiger partial charge in [-0.2, -0.15) is 18.3 Å². The first-order valence-corrected chi connectivity index (χ1v) is 9.87. The van der Waals surface area contributed by atoms with E-state index in [1.807, 2.05) is 42.2 Å². The number of carbonyl (C=O) groups is 1. The van der Waals surface area contributed by atoms with Crippen LogP contribution in [0, 0.1) is 0 Å². The Kier molecular flexibility index (Phi) is 6.01. The molecule has 0 N–H and O–H groups in total. The van der Waals surface area contributed by atoms with Crippen LogP contribution in [0.2, 0.25) is 0 Å². The van der Waals surface area contributed by atoms with Crippen LogP contribution >= 0.6 is 0 Å². The van der Waals surface area contributed by atoms with Crippen molar-refractivity contribution in [1.29, 1.82) is 0 Å². The summed E-state index contributed by atoms with van der Waals surface area (Å²) in [5, 5.41) is 3.82. The normalized spacial score (nSPS) is 17.9. The maximum Gasteiger partial charge on any atom is 0.435 e. The molecule has 30 heavy (non-hydrogen) atoms. The number of nitrogens with zero attached hydrogens (tertiary/aromatic N) is 4. The van der Waals surface area contributed by atoms with E-state index in [9.17, 15) is 18.0 Å². The Balaban J connectivity index is 1.81. The number of piperazine rings is 1. The number of amides is 1. The SMILES string of the molecule is CC1CN(c2cc(C(F)(F)F)nn2Cc2ccccc2)CCN1C(=O)OC(C)(C)C. The van der Waals surface area contributed by atoms with E-state index in [0.717, 1.165) is 11.6 Å². The third-order valence-corrected chi connectivity index (χ3v) is 4.80. The maximum absolute atomic E-state index is 13.3. The molecule has 0 spiro atoms. The van der Waals surface area contributed by atoms with Gasteiger partial charge >= 0.3 is 12.3 Å². The van der Waals surface area contributed by atoms with E-state index in [2.05, 4.69) is 5.10 Å². The molecule has 0 bridgehead atoms. The van der Waals surface area contributed by atoms with Crippen LogP contribution in [0.15, 0.2) is 36.4 Å². The standard InChI is InChI=1S/C21H27F3N4O2/c1-15-13-26(10-11-27(15)19(29)30-20(2,3)4)18-12-17(21(22,23)24)25-28(18)14-16-8-6-5-7-9-16/h5-9,12,15H,10-11,13-14H2,1-4H3. The van der Waals surface area contributed by atoms with Gasteiger partial charge in [-0.15, -0.1) is 0 Å². The first-order valence-electron chi connectivity index (χ1n) is 9.87. The van der Waals surface area contributed by atoms with E-state index in [4.69, 9.17) is 4.74 Å². The van der Waals surface area contributed by atoms with Crippen molar-refractivity contribution in [3.05, 3.63) is 47.7 Å². The van der Waals surface area contributed by atoms with Crippen molar-refractivity contribution < 1.29 is 22.7 Å². The molecule has 1 aliphatic heterocycles. The van der Waals surface area contributed by atoms with Gasteiger partial charge in [-0.1, -0.05) is 30.3 Å². The summed E-state index contributed by atoms with van der Waals surface area (Å²) < 4.78 is 46.8. The molecule has 1 aromatic carbocycles. The zero-order chi connectivity index (χ0) is 22.1. The van der Waals surface area contributed by atoms with Crippen LogP contribution in [0.1, 0.15) is 39.0 Å². The van der Waals surface area contributed by atoms with E-state index in [1.165, 1.54) is 4.68 Å². The molecule has 0 saturated carbocycles. The number of hydrogen-bond acceptors (Lipinski definition) is 4. The van der Waals surface area contributed by atoms with E-state index >= 15 is 0 Å². The number of ether oxygens (including phenoxy) is 1. The van der Waals surface area contributed by atoms with Crippen LogP contribution in [-0.2, 0) is 17.5 Å². The molecular weight excluding hydrogens is 397 g/mol. The fraction of sp³-hybridized carbons (Fsp3) is 0.524. The van der Waals surface area contributed by atoms with Crippen LogP contribution in [0.25, 0.3) is 0 Å². The second-order valence-corrected chi connectivity index (χ2v) is 8.50. The minimum Gasteiger partial charge on any atom is -0.444 e. The number of carbonyl (C=O) groups excluding carboxylic acids is 1. The van der Waals surface area contributed by atoms with Crippen LogP contribution in [0.3, 0.4) is 0 Å². The topological polar surface area (TPSA) is 50.6 Å². The minimum atomic E-state index is -4.53. The smallest absolute Gasteiger partial charge is 0.435 e. The van der Waals surface area contributed by atoms with Crippen molar-refractivity contribution in [1.82, 2.24) is 14.7 Å². The molecule has 1 atom stereocenters. The molecule has 2 aromatic rings. The van der Waals surface area contributed by atoms with Gasteiger partial charge in [0.15, 0.2) is 5.69 Å². The first kappa shape index (κ1) is 22.0. The zero-order valence-electron chi connectivity index (χ0n) is 17.6. The second kappa shape index (κ2) is 8.20. The summed E-state index contributed by atoms with van der Waals surface area (Å²) >= 11 is 0. The average molecular weight is 424 g/mol. The number of benzene rings is 1. The molecule has 1 saturated heterocycles. The van der Waals surface area contributed by atoms with Crippen LogP contribution in [0.5, 0.6) is 0 Å². The lowest BCUT2D eigenvalue weighted by Crippen LogP contribution is -2.55. The highest BCUT2D eigenvalue weighted by Gasteiger charge is 2.37. The number of rotatable bonds is 3. The highest BCUT2D eigenvalue weighted by atomic mass is 19.4. The van der Waals surface area contributed by atoms with E-state index in [-0.39, 0.29) is 12.6 Å². The van der Waals surface area contributed by atoms with Crippen molar-refractivity contribution in [2.75, 3.05) is 24.5 Å². The van der Waals surface area contributed by atoms with Gasteiger partial charge in [0, 0.05) is 31.7 Å². The summed E-state index contributed by atoms with van der Waals surface area (Å²) in [6.45, 7) is 8.61. The molecule has 1 aliphatic rings. The molecule has 9 heteroatoms. The van der Waals surface area contributed by atoms with E-state index in [0.29, 0.717) is 25.5 Å². The summed E-state index contributed by atoms with van der Waals surface area (Å²) in [4.78, 5) is 15.9. The zero-order valence-corrected chi connectivity index (χ0v) is 17.6. The van der Waals surface area contributed by atoms with Gasteiger partial charge in [-0.25, -0.2) is 9.48 Å². The van der Waals surface area contributed by atoms with Gasteiger partial charge < -0.3 is 14.5 Å². The van der Waals surface area contributed by atoms with E-state index < -0.39 is 23.6 Å². The molecule has 0 aliphatic carbocycles. The van der Waals surface area contributed by atoms with Crippen molar-refractivity contribution >= 4 is 11.9 Å². The lowest BCUT2D eigenvalue weighted by atomic mass is 10.2. The molecular formula is C21H27F3N4O2. The Morgan fingerprint density at radius 3 is 2.40 bits per heavy atom. The molecule has 2 heterocycles. The van der Waals surface area contributed by atoms with Crippen molar-refractivity contribution in [2.24, 2.45) is 0 Å².